The van der Waals surface area contributed by atoms with Gasteiger partial charge in [-0.05, 0) is 36.6 Å². The van der Waals surface area contributed by atoms with E-state index in [4.69, 9.17) is 9.47 Å². The zero-order chi connectivity index (χ0) is 14.3. The molecule has 0 unspecified atom stereocenters. The molecule has 2 heterocycles. The first kappa shape index (κ1) is 13.8. The second kappa shape index (κ2) is 7.02. The summed E-state index contributed by atoms with van der Waals surface area (Å²) in [6.45, 7) is 2.66. The minimum absolute atomic E-state index is 0.761. The summed E-state index contributed by atoms with van der Waals surface area (Å²) in [6, 6.07) is 16.3. The van der Waals surface area contributed by atoms with Gasteiger partial charge in [-0.1, -0.05) is 30.3 Å². The molecular formula is C18H21NO2. The summed E-state index contributed by atoms with van der Waals surface area (Å²) < 4.78 is 10.8. The molecule has 0 saturated heterocycles. The second-order valence-electron chi connectivity index (χ2n) is 5.18. The van der Waals surface area contributed by atoms with Gasteiger partial charge in [-0.2, -0.15) is 0 Å². The topological polar surface area (TPSA) is 30.5 Å². The van der Waals surface area contributed by atoms with Gasteiger partial charge in [-0.3, -0.25) is 0 Å². The van der Waals surface area contributed by atoms with E-state index >= 15 is 0 Å². The van der Waals surface area contributed by atoms with Crippen LogP contribution in [0.5, 0.6) is 11.5 Å². The normalized spacial score (nSPS) is 15.6. The Hall–Kier alpha value is -2.16. The van der Waals surface area contributed by atoms with Crippen molar-refractivity contribution in [3.8, 4) is 11.5 Å². The number of aryl methyl sites for hydroxylation is 1. The SMILES string of the molecule is c1ccc2c(c1)CCCN2.c1ccc2c(c1)OCCCO2. The first-order valence-electron chi connectivity index (χ1n) is 7.60. The van der Waals surface area contributed by atoms with Crippen molar-refractivity contribution >= 4 is 5.69 Å². The third-order valence-electron chi connectivity index (χ3n) is 3.61. The predicted octanol–water partition coefficient (Wildman–Crippen LogP) is 3.89. The number of rotatable bonds is 0. The molecule has 2 aliphatic rings. The number of nitrogens with one attached hydrogen (secondary N) is 1. The van der Waals surface area contributed by atoms with Crippen LogP contribution in [0.25, 0.3) is 0 Å². The molecule has 2 aromatic carbocycles. The fourth-order valence-corrected chi connectivity index (χ4v) is 2.52. The Kier molecular flexibility index (Phi) is 4.62. The van der Waals surface area contributed by atoms with E-state index in [-0.39, 0.29) is 0 Å². The van der Waals surface area contributed by atoms with Crippen molar-refractivity contribution in [3.63, 3.8) is 0 Å². The Bertz CT molecular complexity index is 533. The zero-order valence-corrected chi connectivity index (χ0v) is 12.2. The van der Waals surface area contributed by atoms with Gasteiger partial charge >= 0.3 is 0 Å². The van der Waals surface area contributed by atoms with Crippen LogP contribution >= 0.6 is 0 Å². The standard InChI is InChI=1S/C9H11N.C9H10O2/c1-2-6-9-8(4-1)5-3-7-10-9;1-2-5-9-8(4-1)10-6-3-7-11-9/h1-2,4,6,10H,3,5,7H2;1-2,4-5H,3,6-7H2. The fraction of sp³-hybridized carbons (Fsp3) is 0.333. The van der Waals surface area contributed by atoms with E-state index in [1.165, 1.54) is 24.1 Å². The molecule has 0 radical (unpaired) electrons. The van der Waals surface area contributed by atoms with Crippen molar-refractivity contribution in [1.82, 2.24) is 0 Å². The Morgan fingerprint density at radius 3 is 2.14 bits per heavy atom. The Labute approximate surface area is 125 Å². The van der Waals surface area contributed by atoms with Crippen molar-refractivity contribution in [2.75, 3.05) is 25.1 Å². The summed E-state index contributed by atoms with van der Waals surface area (Å²) in [5.41, 5.74) is 2.79. The summed E-state index contributed by atoms with van der Waals surface area (Å²) >= 11 is 0. The van der Waals surface area contributed by atoms with Crippen molar-refractivity contribution in [2.24, 2.45) is 0 Å². The molecule has 3 heteroatoms. The van der Waals surface area contributed by atoms with E-state index in [1.54, 1.807) is 0 Å². The monoisotopic (exact) mass is 283 g/mol. The molecule has 0 fully saturated rings. The molecule has 0 aromatic heterocycles. The lowest BCUT2D eigenvalue weighted by Gasteiger charge is -2.16. The number of benzene rings is 2. The van der Waals surface area contributed by atoms with E-state index in [0.29, 0.717) is 0 Å². The third-order valence-corrected chi connectivity index (χ3v) is 3.61. The minimum atomic E-state index is 0.761. The molecule has 0 aliphatic carbocycles. The second-order valence-corrected chi connectivity index (χ2v) is 5.18. The maximum atomic E-state index is 5.42. The van der Waals surface area contributed by atoms with Gasteiger partial charge in [0.05, 0.1) is 13.2 Å². The van der Waals surface area contributed by atoms with Crippen LogP contribution in [0.3, 0.4) is 0 Å². The first-order chi connectivity index (χ1) is 10.4. The molecule has 3 nitrogen and oxygen atoms in total. The zero-order valence-electron chi connectivity index (χ0n) is 12.2. The number of hydrogen-bond acceptors (Lipinski definition) is 3. The summed E-state index contributed by atoms with van der Waals surface area (Å²) in [7, 11) is 0. The summed E-state index contributed by atoms with van der Waals surface area (Å²) in [5, 5.41) is 3.36. The van der Waals surface area contributed by atoms with Crippen molar-refractivity contribution in [2.45, 2.75) is 19.3 Å². The van der Waals surface area contributed by atoms with Gasteiger partial charge < -0.3 is 14.8 Å². The van der Waals surface area contributed by atoms with Crippen LogP contribution in [-0.2, 0) is 6.42 Å². The van der Waals surface area contributed by atoms with Crippen LogP contribution in [0.1, 0.15) is 18.4 Å². The van der Waals surface area contributed by atoms with Crippen LogP contribution in [0.15, 0.2) is 48.5 Å². The first-order valence-corrected chi connectivity index (χ1v) is 7.60. The van der Waals surface area contributed by atoms with Crippen LogP contribution in [0.4, 0.5) is 5.69 Å². The quantitative estimate of drug-likeness (QED) is 0.795. The molecule has 21 heavy (non-hydrogen) atoms. The molecule has 4 rings (SSSR count). The summed E-state index contributed by atoms with van der Waals surface area (Å²) in [5.74, 6) is 1.73. The number of hydrogen-bond donors (Lipinski definition) is 1. The van der Waals surface area contributed by atoms with Crippen molar-refractivity contribution in [1.29, 1.82) is 0 Å². The molecule has 2 aromatic rings. The molecule has 0 bridgehead atoms. The summed E-state index contributed by atoms with van der Waals surface area (Å²) in [6.07, 6.45) is 3.48. The van der Waals surface area contributed by atoms with Crippen LogP contribution in [0, 0.1) is 0 Å². The van der Waals surface area contributed by atoms with E-state index in [1.807, 2.05) is 24.3 Å². The lowest BCUT2D eigenvalue weighted by molar-refractivity contribution is 0.297. The van der Waals surface area contributed by atoms with Gasteiger partial charge in [0.1, 0.15) is 0 Å². The highest BCUT2D eigenvalue weighted by atomic mass is 16.5. The maximum Gasteiger partial charge on any atom is 0.161 e. The fourth-order valence-electron chi connectivity index (χ4n) is 2.52. The van der Waals surface area contributed by atoms with E-state index in [0.717, 1.165) is 37.7 Å². The Balaban J connectivity index is 0.000000126. The van der Waals surface area contributed by atoms with Gasteiger partial charge in [0.25, 0.3) is 0 Å². The van der Waals surface area contributed by atoms with Gasteiger partial charge in [0, 0.05) is 18.7 Å². The van der Waals surface area contributed by atoms with Crippen molar-refractivity contribution in [3.05, 3.63) is 54.1 Å². The highest BCUT2D eigenvalue weighted by Gasteiger charge is 2.07. The minimum Gasteiger partial charge on any atom is -0.490 e. The average Bonchev–Trinajstić information content (AvgIpc) is 2.81. The molecular weight excluding hydrogens is 262 g/mol. The molecule has 0 saturated carbocycles. The number of fused-ring (bicyclic) bond motifs is 2. The van der Waals surface area contributed by atoms with Crippen LogP contribution in [-0.4, -0.2) is 19.8 Å². The maximum absolute atomic E-state index is 5.42. The van der Waals surface area contributed by atoms with Gasteiger partial charge in [-0.15, -0.1) is 0 Å². The van der Waals surface area contributed by atoms with Gasteiger partial charge in [0.15, 0.2) is 11.5 Å². The Morgan fingerprint density at radius 1 is 0.762 bits per heavy atom. The van der Waals surface area contributed by atoms with Gasteiger partial charge in [-0.25, -0.2) is 0 Å². The molecule has 2 aliphatic heterocycles. The Morgan fingerprint density at radius 2 is 1.43 bits per heavy atom. The highest BCUT2D eigenvalue weighted by molar-refractivity contribution is 5.52. The lowest BCUT2D eigenvalue weighted by Crippen LogP contribution is -2.10. The number of para-hydroxylation sites is 3. The van der Waals surface area contributed by atoms with Crippen LogP contribution in [0.2, 0.25) is 0 Å². The lowest BCUT2D eigenvalue weighted by atomic mass is 10.0. The number of ether oxygens (including phenoxy) is 2. The van der Waals surface area contributed by atoms with E-state index in [2.05, 4.69) is 29.6 Å². The molecule has 0 atom stereocenters. The van der Waals surface area contributed by atoms with E-state index in [9.17, 15) is 0 Å². The van der Waals surface area contributed by atoms with Crippen LogP contribution < -0.4 is 14.8 Å². The highest BCUT2D eigenvalue weighted by Crippen LogP contribution is 2.28. The average molecular weight is 283 g/mol. The van der Waals surface area contributed by atoms with Gasteiger partial charge in [0.2, 0.25) is 0 Å². The molecule has 110 valence electrons. The number of anilines is 1. The molecule has 0 spiro atoms. The van der Waals surface area contributed by atoms with Crippen molar-refractivity contribution < 1.29 is 9.47 Å². The smallest absolute Gasteiger partial charge is 0.161 e. The predicted molar refractivity (Wildman–Crippen MR) is 85.3 cm³/mol. The summed E-state index contributed by atoms with van der Waals surface area (Å²) in [4.78, 5) is 0. The molecule has 1 N–H and O–H groups in total. The molecule has 0 amide bonds. The largest absolute Gasteiger partial charge is 0.490 e. The third kappa shape index (κ3) is 3.69. The van der Waals surface area contributed by atoms with E-state index < -0.39 is 0 Å².